The van der Waals surface area contributed by atoms with Crippen molar-refractivity contribution in [2.75, 3.05) is 10.6 Å². The molecule has 2 N–H and O–H groups in total. The Kier molecular flexibility index (Phi) is 2.94. The third-order valence-corrected chi connectivity index (χ3v) is 3.95. The second-order valence-electron chi connectivity index (χ2n) is 5.38. The molecule has 22 heavy (non-hydrogen) atoms. The van der Waals surface area contributed by atoms with Gasteiger partial charge >= 0.3 is 0 Å². The van der Waals surface area contributed by atoms with E-state index < -0.39 is 0 Å². The number of benzene rings is 3. The lowest BCUT2D eigenvalue weighted by Gasteiger charge is -2.27. The Morgan fingerprint density at radius 2 is 1.09 bits per heavy atom. The summed E-state index contributed by atoms with van der Waals surface area (Å²) in [5.74, 6) is 0. The van der Waals surface area contributed by atoms with Crippen LogP contribution in [0, 0.1) is 0 Å². The van der Waals surface area contributed by atoms with Crippen molar-refractivity contribution in [3.05, 3.63) is 83.9 Å². The molecule has 0 amide bonds. The first-order valence-electron chi connectivity index (χ1n) is 7.35. The predicted octanol–water partition coefficient (Wildman–Crippen LogP) is 5.22. The average Bonchev–Trinajstić information content (AvgIpc) is 2.73. The van der Waals surface area contributed by atoms with Crippen LogP contribution in [0.5, 0.6) is 0 Å². The fourth-order valence-electron chi connectivity index (χ4n) is 2.88. The highest BCUT2D eigenvalue weighted by molar-refractivity contribution is 5.93. The summed E-state index contributed by atoms with van der Waals surface area (Å²) in [5.41, 5.74) is 12.5. The molecule has 3 aromatic rings. The van der Waals surface area contributed by atoms with Crippen molar-refractivity contribution in [3.63, 3.8) is 0 Å². The normalized spacial score (nSPS) is 12.5. The van der Waals surface area contributed by atoms with E-state index in [2.05, 4.69) is 77.7 Å². The predicted molar refractivity (Wildman–Crippen MR) is 94.5 cm³/mol. The maximum atomic E-state index is 5.85. The molecule has 2 heteroatoms. The van der Waals surface area contributed by atoms with E-state index in [1.54, 1.807) is 0 Å². The van der Waals surface area contributed by atoms with E-state index in [0.29, 0.717) is 0 Å². The molecule has 1 aliphatic heterocycles. The second-order valence-corrected chi connectivity index (χ2v) is 5.38. The molecule has 0 saturated carbocycles. The van der Waals surface area contributed by atoms with Crippen molar-refractivity contribution in [3.8, 4) is 0 Å². The van der Waals surface area contributed by atoms with Crippen LogP contribution in [0.2, 0.25) is 0 Å². The number of anilines is 4. The van der Waals surface area contributed by atoms with Crippen LogP contribution in [0.15, 0.2) is 72.8 Å². The molecule has 0 saturated heterocycles. The summed E-state index contributed by atoms with van der Waals surface area (Å²) >= 11 is 0. The third kappa shape index (κ3) is 2.06. The summed E-state index contributed by atoms with van der Waals surface area (Å²) in [5, 5.41) is 0. The molecule has 0 fully saturated rings. The first-order valence-corrected chi connectivity index (χ1v) is 7.35. The highest BCUT2D eigenvalue weighted by Crippen LogP contribution is 2.41. The van der Waals surface area contributed by atoms with Crippen LogP contribution in [0.1, 0.15) is 11.1 Å². The Labute approximate surface area is 130 Å². The van der Waals surface area contributed by atoms with Crippen molar-refractivity contribution in [1.82, 2.24) is 0 Å². The Morgan fingerprint density at radius 1 is 0.591 bits per heavy atom. The molecule has 3 aromatic carbocycles. The largest absolute Gasteiger partial charge is 0.399 e. The van der Waals surface area contributed by atoms with Crippen molar-refractivity contribution < 1.29 is 0 Å². The molecule has 0 aliphatic carbocycles. The van der Waals surface area contributed by atoms with Gasteiger partial charge in [0.25, 0.3) is 0 Å². The van der Waals surface area contributed by atoms with E-state index in [9.17, 15) is 0 Å². The molecular formula is C20H16N2. The Hall–Kier alpha value is -3.00. The standard InChI is InChI=1S/C20H16N2/c21-17-11-13-18(14-12-17)22-19-7-3-1-5-15(19)9-10-16-6-2-4-8-20(16)22/h1-14H,21H2. The summed E-state index contributed by atoms with van der Waals surface area (Å²) < 4.78 is 0. The van der Waals surface area contributed by atoms with Gasteiger partial charge in [0.1, 0.15) is 0 Å². The van der Waals surface area contributed by atoms with Gasteiger partial charge in [-0.25, -0.2) is 0 Å². The minimum Gasteiger partial charge on any atom is -0.399 e. The monoisotopic (exact) mass is 284 g/mol. The van der Waals surface area contributed by atoms with Gasteiger partial charge in [0.2, 0.25) is 0 Å². The molecule has 0 aromatic heterocycles. The SMILES string of the molecule is Nc1ccc(N2c3ccccc3C=Cc3ccccc32)cc1. The molecule has 2 nitrogen and oxygen atoms in total. The molecule has 0 unspecified atom stereocenters. The zero-order valence-electron chi connectivity index (χ0n) is 12.1. The van der Waals surface area contributed by atoms with Gasteiger partial charge in [-0.3, -0.25) is 0 Å². The molecule has 0 radical (unpaired) electrons. The van der Waals surface area contributed by atoms with Gasteiger partial charge in [-0.2, -0.15) is 0 Å². The highest BCUT2D eigenvalue weighted by Gasteiger charge is 2.18. The zero-order valence-corrected chi connectivity index (χ0v) is 12.1. The molecule has 0 bridgehead atoms. The number of nitrogen functional groups attached to an aromatic ring is 1. The Bertz CT molecular complexity index is 798. The topological polar surface area (TPSA) is 29.3 Å². The summed E-state index contributed by atoms with van der Waals surface area (Å²) in [7, 11) is 0. The lowest BCUT2D eigenvalue weighted by atomic mass is 10.1. The van der Waals surface area contributed by atoms with Crippen LogP contribution in [0.3, 0.4) is 0 Å². The summed E-state index contributed by atoms with van der Waals surface area (Å²) in [6, 6.07) is 24.9. The molecule has 106 valence electrons. The smallest absolute Gasteiger partial charge is 0.0534 e. The summed E-state index contributed by atoms with van der Waals surface area (Å²) in [6.07, 6.45) is 4.34. The average molecular weight is 284 g/mol. The molecule has 0 spiro atoms. The van der Waals surface area contributed by atoms with Gasteiger partial charge in [-0.15, -0.1) is 0 Å². The lowest BCUT2D eigenvalue weighted by molar-refractivity contribution is 1.28. The van der Waals surface area contributed by atoms with Crippen LogP contribution >= 0.6 is 0 Å². The first kappa shape index (κ1) is 12.7. The number of fused-ring (bicyclic) bond motifs is 2. The number of hydrogen-bond acceptors (Lipinski definition) is 2. The van der Waals surface area contributed by atoms with Crippen LogP contribution in [-0.4, -0.2) is 0 Å². The lowest BCUT2D eigenvalue weighted by Crippen LogP contribution is -2.11. The van der Waals surface area contributed by atoms with E-state index >= 15 is 0 Å². The van der Waals surface area contributed by atoms with E-state index in [4.69, 9.17) is 5.73 Å². The van der Waals surface area contributed by atoms with Crippen molar-refractivity contribution >= 4 is 34.9 Å². The minimum absolute atomic E-state index is 0.776. The summed E-state index contributed by atoms with van der Waals surface area (Å²) in [4.78, 5) is 2.28. The molecule has 1 aliphatic rings. The van der Waals surface area contributed by atoms with Crippen LogP contribution in [0.25, 0.3) is 12.2 Å². The van der Waals surface area contributed by atoms with Crippen LogP contribution in [-0.2, 0) is 0 Å². The maximum Gasteiger partial charge on any atom is 0.0534 e. The second kappa shape index (κ2) is 5.08. The van der Waals surface area contributed by atoms with Crippen molar-refractivity contribution in [2.24, 2.45) is 0 Å². The van der Waals surface area contributed by atoms with Crippen molar-refractivity contribution in [1.29, 1.82) is 0 Å². The van der Waals surface area contributed by atoms with E-state index in [1.807, 2.05) is 12.1 Å². The quantitative estimate of drug-likeness (QED) is 0.485. The number of para-hydroxylation sites is 2. The molecule has 0 atom stereocenters. The van der Waals surface area contributed by atoms with Crippen LogP contribution in [0.4, 0.5) is 22.7 Å². The number of hydrogen-bond donors (Lipinski definition) is 1. The van der Waals surface area contributed by atoms with Gasteiger partial charge in [-0.05, 0) is 47.5 Å². The van der Waals surface area contributed by atoms with Gasteiger partial charge < -0.3 is 10.6 Å². The Balaban J connectivity index is 1.99. The van der Waals surface area contributed by atoms with Gasteiger partial charge in [0.15, 0.2) is 0 Å². The van der Waals surface area contributed by atoms with Crippen molar-refractivity contribution in [2.45, 2.75) is 0 Å². The zero-order chi connectivity index (χ0) is 14.9. The minimum atomic E-state index is 0.776. The number of nitrogens with zero attached hydrogens (tertiary/aromatic N) is 1. The molecule has 1 heterocycles. The first-order chi connectivity index (χ1) is 10.8. The van der Waals surface area contributed by atoms with Crippen LogP contribution < -0.4 is 10.6 Å². The van der Waals surface area contributed by atoms with Gasteiger partial charge in [0, 0.05) is 11.4 Å². The fraction of sp³-hybridized carbons (Fsp3) is 0. The number of nitrogens with two attached hydrogens (primary N) is 1. The Morgan fingerprint density at radius 3 is 1.64 bits per heavy atom. The third-order valence-electron chi connectivity index (χ3n) is 3.95. The fourth-order valence-corrected chi connectivity index (χ4v) is 2.88. The van der Waals surface area contributed by atoms with E-state index in [0.717, 1.165) is 11.4 Å². The molecular weight excluding hydrogens is 268 g/mol. The molecule has 4 rings (SSSR count). The van der Waals surface area contributed by atoms with E-state index in [1.165, 1.54) is 22.5 Å². The highest BCUT2D eigenvalue weighted by atomic mass is 15.1. The summed E-state index contributed by atoms with van der Waals surface area (Å²) in [6.45, 7) is 0. The van der Waals surface area contributed by atoms with Gasteiger partial charge in [0.05, 0.1) is 11.4 Å². The number of rotatable bonds is 1. The maximum absolute atomic E-state index is 5.85. The van der Waals surface area contributed by atoms with E-state index in [-0.39, 0.29) is 0 Å². The van der Waals surface area contributed by atoms with Gasteiger partial charge in [-0.1, -0.05) is 48.6 Å².